The van der Waals surface area contributed by atoms with Crippen molar-refractivity contribution in [3.63, 3.8) is 0 Å². The van der Waals surface area contributed by atoms with Gasteiger partial charge in [-0.1, -0.05) is 13.8 Å². The molecular weight excluding hydrogens is 240 g/mol. The Hall–Kier alpha value is -0.170. The molecule has 17 heavy (non-hydrogen) atoms. The van der Waals surface area contributed by atoms with Gasteiger partial charge >= 0.3 is 0 Å². The first kappa shape index (κ1) is 16.8. The molecule has 2 N–H and O–H groups in total. The van der Waals surface area contributed by atoms with Gasteiger partial charge in [0.15, 0.2) is 0 Å². The third-order valence-electron chi connectivity index (χ3n) is 2.58. The van der Waals surface area contributed by atoms with Crippen molar-refractivity contribution >= 4 is 10.0 Å². The van der Waals surface area contributed by atoms with Gasteiger partial charge in [0, 0.05) is 19.7 Å². The largest absolute Gasteiger partial charge is 0.383 e. The molecule has 0 spiro atoms. The molecule has 5 nitrogen and oxygen atoms in total. The van der Waals surface area contributed by atoms with Crippen LogP contribution in [0.4, 0.5) is 0 Å². The Kier molecular flexibility index (Phi) is 8.77. The predicted octanol–water partition coefficient (Wildman–Crippen LogP) is 0.719. The highest BCUT2D eigenvalue weighted by atomic mass is 32.2. The third-order valence-corrected chi connectivity index (χ3v) is 4.47. The Morgan fingerprint density at radius 3 is 2.41 bits per heavy atom. The van der Waals surface area contributed by atoms with Crippen molar-refractivity contribution in [1.82, 2.24) is 10.0 Å². The molecule has 0 radical (unpaired) electrons. The standard InChI is InChI=1S/C11H26N2O3S/c1-5-7-12-8-10(3)17(14,15)13-11(6-2)9-16-4/h10-13H,5-9H2,1-4H3. The van der Waals surface area contributed by atoms with E-state index in [1.165, 1.54) is 0 Å². The fourth-order valence-corrected chi connectivity index (χ4v) is 2.65. The lowest BCUT2D eigenvalue weighted by atomic mass is 10.3. The molecule has 2 atom stereocenters. The summed E-state index contributed by atoms with van der Waals surface area (Å²) >= 11 is 0. The molecule has 0 rings (SSSR count). The number of hydrogen-bond acceptors (Lipinski definition) is 4. The van der Waals surface area contributed by atoms with E-state index in [2.05, 4.69) is 17.0 Å². The average molecular weight is 266 g/mol. The fraction of sp³-hybridized carbons (Fsp3) is 1.00. The van der Waals surface area contributed by atoms with Crippen LogP contribution in [0.25, 0.3) is 0 Å². The van der Waals surface area contributed by atoms with E-state index in [9.17, 15) is 8.42 Å². The Balaban J connectivity index is 4.24. The number of ether oxygens (including phenoxy) is 1. The van der Waals surface area contributed by atoms with Gasteiger partial charge in [-0.2, -0.15) is 0 Å². The van der Waals surface area contributed by atoms with Crippen molar-refractivity contribution in [2.45, 2.75) is 44.9 Å². The van der Waals surface area contributed by atoms with Crippen LogP contribution >= 0.6 is 0 Å². The molecule has 0 aliphatic carbocycles. The maximum Gasteiger partial charge on any atom is 0.215 e. The minimum atomic E-state index is -3.27. The normalized spacial score (nSPS) is 15.8. The zero-order chi connectivity index (χ0) is 13.3. The monoisotopic (exact) mass is 266 g/mol. The van der Waals surface area contributed by atoms with E-state index < -0.39 is 15.3 Å². The highest BCUT2D eigenvalue weighted by molar-refractivity contribution is 7.90. The summed E-state index contributed by atoms with van der Waals surface area (Å²) in [5.41, 5.74) is 0. The zero-order valence-electron chi connectivity index (χ0n) is 11.3. The van der Waals surface area contributed by atoms with Crippen molar-refractivity contribution < 1.29 is 13.2 Å². The Bertz CT molecular complexity index is 280. The molecule has 0 aromatic rings. The van der Waals surface area contributed by atoms with Gasteiger partial charge in [0.25, 0.3) is 0 Å². The van der Waals surface area contributed by atoms with Gasteiger partial charge in [-0.15, -0.1) is 0 Å². The molecule has 6 heteroatoms. The summed E-state index contributed by atoms with van der Waals surface area (Å²) in [5, 5.41) is 2.68. The molecule has 0 aromatic carbocycles. The molecule has 0 fully saturated rings. The van der Waals surface area contributed by atoms with Crippen LogP contribution in [0.1, 0.15) is 33.6 Å². The van der Waals surface area contributed by atoms with E-state index in [4.69, 9.17) is 4.74 Å². The van der Waals surface area contributed by atoms with Crippen LogP contribution in [0.15, 0.2) is 0 Å². The van der Waals surface area contributed by atoms with E-state index in [1.54, 1.807) is 14.0 Å². The molecule has 0 saturated heterocycles. The Morgan fingerprint density at radius 2 is 1.94 bits per heavy atom. The summed E-state index contributed by atoms with van der Waals surface area (Å²) in [5.74, 6) is 0. The van der Waals surface area contributed by atoms with Crippen LogP contribution in [-0.2, 0) is 14.8 Å². The van der Waals surface area contributed by atoms with E-state index in [-0.39, 0.29) is 6.04 Å². The number of sulfonamides is 1. The lowest BCUT2D eigenvalue weighted by Crippen LogP contribution is -2.45. The molecule has 0 amide bonds. The summed E-state index contributed by atoms with van der Waals surface area (Å²) in [4.78, 5) is 0. The first-order valence-electron chi connectivity index (χ1n) is 6.18. The van der Waals surface area contributed by atoms with Crippen LogP contribution in [0.5, 0.6) is 0 Å². The van der Waals surface area contributed by atoms with E-state index in [0.717, 1.165) is 19.4 Å². The lowest BCUT2D eigenvalue weighted by molar-refractivity contribution is 0.173. The summed E-state index contributed by atoms with van der Waals surface area (Å²) in [7, 11) is -1.69. The topological polar surface area (TPSA) is 67.4 Å². The second-order valence-electron chi connectivity index (χ2n) is 4.24. The smallest absolute Gasteiger partial charge is 0.215 e. The van der Waals surface area contributed by atoms with Crippen molar-refractivity contribution in [3.8, 4) is 0 Å². The van der Waals surface area contributed by atoms with Crippen LogP contribution in [0, 0.1) is 0 Å². The predicted molar refractivity (Wildman–Crippen MR) is 70.6 cm³/mol. The van der Waals surface area contributed by atoms with Gasteiger partial charge in [-0.3, -0.25) is 0 Å². The van der Waals surface area contributed by atoms with Gasteiger partial charge in [0.05, 0.1) is 11.9 Å². The van der Waals surface area contributed by atoms with Crippen LogP contribution < -0.4 is 10.0 Å². The molecule has 104 valence electrons. The number of nitrogens with one attached hydrogen (secondary N) is 2. The fourth-order valence-electron chi connectivity index (χ4n) is 1.38. The van der Waals surface area contributed by atoms with Gasteiger partial charge in [-0.05, 0) is 26.3 Å². The second kappa shape index (κ2) is 8.85. The SMILES string of the molecule is CCCNCC(C)S(=O)(=O)NC(CC)COC. The van der Waals surface area contributed by atoms with Crippen molar-refractivity contribution in [1.29, 1.82) is 0 Å². The van der Waals surface area contributed by atoms with E-state index in [1.807, 2.05) is 6.92 Å². The molecule has 0 heterocycles. The van der Waals surface area contributed by atoms with E-state index in [0.29, 0.717) is 13.2 Å². The maximum atomic E-state index is 12.0. The van der Waals surface area contributed by atoms with E-state index >= 15 is 0 Å². The van der Waals surface area contributed by atoms with Gasteiger partial charge < -0.3 is 10.1 Å². The molecule has 0 aliphatic rings. The number of rotatable bonds is 10. The first-order valence-corrected chi connectivity index (χ1v) is 7.73. The lowest BCUT2D eigenvalue weighted by Gasteiger charge is -2.20. The quantitative estimate of drug-likeness (QED) is 0.572. The number of methoxy groups -OCH3 is 1. The minimum absolute atomic E-state index is 0.140. The highest BCUT2D eigenvalue weighted by Crippen LogP contribution is 2.01. The molecule has 2 unspecified atom stereocenters. The second-order valence-corrected chi connectivity index (χ2v) is 6.37. The Morgan fingerprint density at radius 1 is 1.29 bits per heavy atom. The zero-order valence-corrected chi connectivity index (χ0v) is 12.1. The van der Waals surface area contributed by atoms with Gasteiger partial charge in [0.2, 0.25) is 10.0 Å². The molecule has 0 aliphatic heterocycles. The van der Waals surface area contributed by atoms with Crippen LogP contribution in [0.2, 0.25) is 0 Å². The molecule has 0 aromatic heterocycles. The summed E-state index contributed by atoms with van der Waals surface area (Å²) in [6, 6.07) is -0.140. The Labute approximate surface area is 105 Å². The summed E-state index contributed by atoms with van der Waals surface area (Å²) in [6.07, 6.45) is 1.73. The van der Waals surface area contributed by atoms with Gasteiger partial charge in [-0.25, -0.2) is 13.1 Å². The molecule has 0 bridgehead atoms. The first-order chi connectivity index (χ1) is 7.97. The third kappa shape index (κ3) is 6.98. The van der Waals surface area contributed by atoms with Crippen molar-refractivity contribution in [2.75, 3.05) is 26.8 Å². The van der Waals surface area contributed by atoms with Crippen LogP contribution in [0.3, 0.4) is 0 Å². The molecular formula is C11H26N2O3S. The molecule has 0 saturated carbocycles. The summed E-state index contributed by atoms with van der Waals surface area (Å²) in [6.45, 7) is 7.43. The minimum Gasteiger partial charge on any atom is -0.383 e. The summed E-state index contributed by atoms with van der Waals surface area (Å²) < 4.78 is 31.6. The highest BCUT2D eigenvalue weighted by Gasteiger charge is 2.23. The average Bonchev–Trinajstić information content (AvgIpc) is 2.28. The van der Waals surface area contributed by atoms with Crippen LogP contribution in [-0.4, -0.2) is 46.5 Å². The maximum absolute atomic E-state index is 12.0. The van der Waals surface area contributed by atoms with Crippen molar-refractivity contribution in [2.24, 2.45) is 0 Å². The van der Waals surface area contributed by atoms with Crippen molar-refractivity contribution in [3.05, 3.63) is 0 Å². The van der Waals surface area contributed by atoms with Gasteiger partial charge in [0.1, 0.15) is 0 Å². The number of hydrogen-bond donors (Lipinski definition) is 2.